The fourth-order valence-electron chi connectivity index (χ4n) is 2.64. The first-order chi connectivity index (χ1) is 9.77. The molecule has 1 heteroatoms. The summed E-state index contributed by atoms with van der Waals surface area (Å²) >= 11 is 0. The van der Waals surface area contributed by atoms with Crippen molar-refractivity contribution in [3.05, 3.63) is 58.7 Å². The summed E-state index contributed by atoms with van der Waals surface area (Å²) in [5.41, 5.74) is 5.03. The summed E-state index contributed by atoms with van der Waals surface area (Å²) in [4.78, 5) is 0. The molecule has 0 radical (unpaired) electrons. The smallest absolute Gasteiger partial charge is 0.0753 e. The zero-order chi connectivity index (χ0) is 16.0. The Bertz CT molecular complexity index is 510. The quantitative estimate of drug-likeness (QED) is 0.676. The maximum Gasteiger partial charge on any atom is 0.0753 e. The molecule has 0 aromatic heterocycles. The second kappa shape index (κ2) is 7.61. The van der Waals surface area contributed by atoms with Crippen molar-refractivity contribution < 1.29 is 5.11 Å². The van der Waals surface area contributed by atoms with Gasteiger partial charge in [0.05, 0.1) is 6.10 Å². The molecule has 0 fully saturated rings. The Morgan fingerprint density at radius 3 is 2.48 bits per heavy atom. The predicted octanol–water partition coefficient (Wildman–Crippen LogP) is 5.51. The van der Waals surface area contributed by atoms with Crippen molar-refractivity contribution >= 4 is 0 Å². The van der Waals surface area contributed by atoms with Crippen molar-refractivity contribution in [1.29, 1.82) is 0 Å². The number of aliphatic hydroxyl groups is 1. The van der Waals surface area contributed by atoms with Gasteiger partial charge in [-0.1, -0.05) is 61.4 Å². The van der Waals surface area contributed by atoms with Gasteiger partial charge in [0.25, 0.3) is 0 Å². The van der Waals surface area contributed by atoms with Crippen molar-refractivity contribution in [3.63, 3.8) is 0 Å². The van der Waals surface area contributed by atoms with Gasteiger partial charge < -0.3 is 5.11 Å². The van der Waals surface area contributed by atoms with Crippen LogP contribution in [0, 0.1) is 5.41 Å². The zero-order valence-corrected chi connectivity index (χ0v) is 14.4. The highest BCUT2D eigenvalue weighted by Crippen LogP contribution is 2.40. The molecule has 1 nitrogen and oxygen atoms in total. The fourth-order valence-corrected chi connectivity index (χ4v) is 2.64. The van der Waals surface area contributed by atoms with Gasteiger partial charge in [-0.25, -0.2) is 0 Å². The molecular weight excluding hydrogens is 256 g/mol. The van der Waals surface area contributed by atoms with Crippen LogP contribution in [0.15, 0.2) is 58.7 Å². The Morgan fingerprint density at radius 2 is 1.86 bits per heavy atom. The largest absolute Gasteiger partial charge is 0.389 e. The molecule has 0 saturated heterocycles. The van der Waals surface area contributed by atoms with Gasteiger partial charge in [0.1, 0.15) is 0 Å². The first-order valence-electron chi connectivity index (χ1n) is 7.83. The first kappa shape index (κ1) is 17.7. The highest BCUT2D eigenvalue weighted by Gasteiger charge is 2.30. The van der Waals surface area contributed by atoms with Crippen LogP contribution in [0.25, 0.3) is 0 Å². The molecule has 1 atom stereocenters. The predicted molar refractivity (Wildman–Crippen MR) is 93.2 cm³/mol. The van der Waals surface area contributed by atoms with E-state index >= 15 is 0 Å². The molecule has 0 heterocycles. The maximum atomic E-state index is 10.1. The molecule has 21 heavy (non-hydrogen) atoms. The van der Waals surface area contributed by atoms with E-state index in [0.29, 0.717) is 0 Å². The van der Waals surface area contributed by atoms with Crippen LogP contribution in [0.3, 0.4) is 0 Å². The van der Waals surface area contributed by atoms with E-state index in [1.807, 2.05) is 6.92 Å². The van der Waals surface area contributed by atoms with E-state index in [1.165, 1.54) is 16.7 Å². The van der Waals surface area contributed by atoms with Crippen LogP contribution in [-0.4, -0.2) is 11.2 Å². The lowest BCUT2D eigenvalue weighted by Gasteiger charge is -2.35. The summed E-state index contributed by atoms with van der Waals surface area (Å²) in [7, 11) is 0. The average molecular weight is 286 g/mol. The third kappa shape index (κ3) is 5.17. The lowest BCUT2D eigenvalue weighted by atomic mass is 9.71. The Morgan fingerprint density at radius 1 is 1.19 bits per heavy atom. The third-order valence-corrected chi connectivity index (χ3v) is 4.38. The summed E-state index contributed by atoms with van der Waals surface area (Å²) in [6, 6.07) is 0. The molecule has 0 spiro atoms. The van der Waals surface area contributed by atoms with Crippen LogP contribution in [0.4, 0.5) is 0 Å². The van der Waals surface area contributed by atoms with Gasteiger partial charge >= 0.3 is 0 Å². The summed E-state index contributed by atoms with van der Waals surface area (Å²) in [6.45, 7) is 12.8. The fraction of sp³-hybridized carbons (Fsp3) is 0.500. The number of allylic oxidation sites excluding steroid dienone is 9. The van der Waals surface area contributed by atoms with Gasteiger partial charge in [-0.05, 0) is 57.1 Å². The molecule has 1 aliphatic carbocycles. The van der Waals surface area contributed by atoms with Crippen LogP contribution in [0.1, 0.15) is 54.4 Å². The third-order valence-electron chi connectivity index (χ3n) is 4.38. The van der Waals surface area contributed by atoms with Crippen LogP contribution < -0.4 is 0 Å². The molecule has 0 amide bonds. The summed E-state index contributed by atoms with van der Waals surface area (Å²) in [6.07, 6.45) is 14.4. The van der Waals surface area contributed by atoms with Crippen molar-refractivity contribution in [1.82, 2.24) is 0 Å². The molecule has 0 aromatic carbocycles. The monoisotopic (exact) mass is 286 g/mol. The van der Waals surface area contributed by atoms with Gasteiger partial charge in [0, 0.05) is 0 Å². The minimum atomic E-state index is -0.279. The average Bonchev–Trinajstić information content (AvgIpc) is 2.43. The maximum absolute atomic E-state index is 10.1. The van der Waals surface area contributed by atoms with Crippen molar-refractivity contribution in [3.8, 4) is 0 Å². The molecule has 0 bridgehead atoms. The number of aliphatic hydroxyl groups excluding tert-OH is 1. The Balaban J connectivity index is 2.90. The highest BCUT2D eigenvalue weighted by molar-refractivity contribution is 5.38. The van der Waals surface area contributed by atoms with Gasteiger partial charge in [0.15, 0.2) is 0 Å². The van der Waals surface area contributed by atoms with E-state index in [0.717, 1.165) is 18.4 Å². The number of hydrogen-bond acceptors (Lipinski definition) is 1. The Kier molecular flexibility index (Phi) is 6.42. The first-order valence-corrected chi connectivity index (χ1v) is 7.83. The zero-order valence-electron chi connectivity index (χ0n) is 14.4. The van der Waals surface area contributed by atoms with E-state index in [2.05, 4.69) is 71.1 Å². The summed E-state index contributed by atoms with van der Waals surface area (Å²) in [5.74, 6) is 0. The number of rotatable bonds is 4. The standard InChI is InChI=1S/C20H30O/c1-7-15(2)9-8-10-16(3)11-12-18-17(4)19(21)13-14-20(18,5)6/h7-12,19,21H,13-14H2,1-6H3/b9-8+,12-11+,15-7+,16-10+. The minimum absolute atomic E-state index is 0.150. The Labute approximate surface area is 130 Å². The van der Waals surface area contributed by atoms with Crippen LogP contribution in [-0.2, 0) is 0 Å². The lowest BCUT2D eigenvalue weighted by molar-refractivity contribution is 0.163. The van der Waals surface area contributed by atoms with E-state index in [-0.39, 0.29) is 11.5 Å². The summed E-state index contributed by atoms with van der Waals surface area (Å²) in [5, 5.41) is 10.1. The highest BCUT2D eigenvalue weighted by atomic mass is 16.3. The second-order valence-electron chi connectivity index (χ2n) is 6.67. The van der Waals surface area contributed by atoms with E-state index in [1.54, 1.807) is 0 Å². The van der Waals surface area contributed by atoms with Gasteiger partial charge in [0.2, 0.25) is 0 Å². The molecule has 0 aromatic rings. The van der Waals surface area contributed by atoms with Gasteiger partial charge in [-0.15, -0.1) is 0 Å². The van der Waals surface area contributed by atoms with Crippen LogP contribution in [0.2, 0.25) is 0 Å². The SMILES string of the molecule is C/C=C(C)/C=C/C=C(C)/C=C/C1=C(C)C(O)CCC1(C)C. The van der Waals surface area contributed by atoms with Gasteiger partial charge in [-0.2, -0.15) is 0 Å². The molecule has 1 aliphatic rings. The molecule has 1 rings (SSSR count). The normalized spacial score (nSPS) is 24.4. The molecule has 0 saturated carbocycles. The molecule has 116 valence electrons. The minimum Gasteiger partial charge on any atom is -0.389 e. The van der Waals surface area contributed by atoms with E-state index < -0.39 is 0 Å². The van der Waals surface area contributed by atoms with Crippen molar-refractivity contribution in [2.24, 2.45) is 5.41 Å². The Hall–Kier alpha value is -1.34. The lowest BCUT2D eigenvalue weighted by Crippen LogP contribution is -2.27. The molecular formula is C20H30O. The van der Waals surface area contributed by atoms with Crippen molar-refractivity contribution in [2.45, 2.75) is 60.5 Å². The topological polar surface area (TPSA) is 20.2 Å². The molecule has 1 N–H and O–H groups in total. The van der Waals surface area contributed by atoms with Crippen LogP contribution >= 0.6 is 0 Å². The van der Waals surface area contributed by atoms with Crippen molar-refractivity contribution in [2.75, 3.05) is 0 Å². The second-order valence-corrected chi connectivity index (χ2v) is 6.67. The number of hydrogen-bond donors (Lipinski definition) is 1. The van der Waals surface area contributed by atoms with E-state index in [4.69, 9.17) is 0 Å². The molecule has 1 unspecified atom stereocenters. The van der Waals surface area contributed by atoms with E-state index in [9.17, 15) is 5.11 Å². The van der Waals surface area contributed by atoms with Gasteiger partial charge in [-0.3, -0.25) is 0 Å². The summed E-state index contributed by atoms with van der Waals surface area (Å²) < 4.78 is 0. The van der Waals surface area contributed by atoms with Crippen LogP contribution in [0.5, 0.6) is 0 Å². The molecule has 0 aliphatic heterocycles.